The fourth-order valence-electron chi connectivity index (χ4n) is 1.07. The molecule has 0 fully saturated rings. The molecule has 1 aromatic carbocycles. The summed E-state index contributed by atoms with van der Waals surface area (Å²) in [5.41, 5.74) is 1.55. The Morgan fingerprint density at radius 3 is 2.46 bits per heavy atom. The largest absolute Gasteiger partial charge is 0.295 e. The third kappa shape index (κ3) is 2.02. The molecule has 0 saturated heterocycles. The van der Waals surface area contributed by atoms with Gasteiger partial charge in [-0.15, -0.1) is 0 Å². The van der Waals surface area contributed by atoms with Crippen LogP contribution in [0.4, 0.5) is 4.39 Å². The number of carbonyl (C=O) groups excluding carboxylic acids is 1. The number of rotatable bonds is 2. The number of hydrogen-bond acceptors (Lipinski definition) is 1. The van der Waals surface area contributed by atoms with Gasteiger partial charge in [0.15, 0.2) is 5.78 Å². The lowest BCUT2D eigenvalue weighted by Crippen LogP contribution is -1.95. The van der Waals surface area contributed by atoms with Crippen molar-refractivity contribution < 1.29 is 9.18 Å². The molecule has 68 valence electrons. The highest BCUT2D eigenvalue weighted by atomic mass is 19.1. The minimum absolute atomic E-state index is 0.0671. The molecule has 0 atom stereocenters. The zero-order valence-corrected chi connectivity index (χ0v) is 7.73. The molecule has 0 heterocycles. The van der Waals surface area contributed by atoms with Gasteiger partial charge in [-0.05, 0) is 37.6 Å². The SMILES string of the molecule is C=C(C)c1cc(C(C)=O)ccc1F. The average molecular weight is 178 g/mol. The van der Waals surface area contributed by atoms with Crippen LogP contribution in [0.3, 0.4) is 0 Å². The first-order valence-corrected chi connectivity index (χ1v) is 3.98. The van der Waals surface area contributed by atoms with E-state index in [4.69, 9.17) is 0 Å². The second-order valence-corrected chi connectivity index (χ2v) is 3.03. The predicted octanol–water partition coefficient (Wildman–Crippen LogP) is 3.06. The summed E-state index contributed by atoms with van der Waals surface area (Å²) >= 11 is 0. The Labute approximate surface area is 76.9 Å². The van der Waals surface area contributed by atoms with Gasteiger partial charge >= 0.3 is 0 Å². The summed E-state index contributed by atoms with van der Waals surface area (Å²) in [6, 6.07) is 4.30. The average Bonchev–Trinajstić information content (AvgIpc) is 2.04. The molecular weight excluding hydrogens is 167 g/mol. The van der Waals surface area contributed by atoms with Crippen molar-refractivity contribution in [2.45, 2.75) is 13.8 Å². The lowest BCUT2D eigenvalue weighted by Gasteiger charge is -2.03. The van der Waals surface area contributed by atoms with Crippen LogP contribution in [0.15, 0.2) is 24.8 Å². The van der Waals surface area contributed by atoms with E-state index >= 15 is 0 Å². The van der Waals surface area contributed by atoms with Crippen molar-refractivity contribution in [1.29, 1.82) is 0 Å². The maximum atomic E-state index is 13.1. The van der Waals surface area contributed by atoms with E-state index in [0.29, 0.717) is 16.7 Å². The second kappa shape index (κ2) is 3.52. The van der Waals surface area contributed by atoms with E-state index in [1.165, 1.54) is 25.1 Å². The van der Waals surface area contributed by atoms with Gasteiger partial charge < -0.3 is 0 Å². The summed E-state index contributed by atoms with van der Waals surface area (Å²) in [6.45, 7) is 6.80. The van der Waals surface area contributed by atoms with Crippen LogP contribution in [0.2, 0.25) is 0 Å². The van der Waals surface area contributed by atoms with E-state index in [9.17, 15) is 9.18 Å². The molecule has 1 aromatic rings. The smallest absolute Gasteiger partial charge is 0.159 e. The van der Waals surface area contributed by atoms with E-state index in [-0.39, 0.29) is 11.6 Å². The molecule has 0 radical (unpaired) electrons. The first-order chi connectivity index (χ1) is 6.02. The van der Waals surface area contributed by atoms with Crippen molar-refractivity contribution in [3.8, 4) is 0 Å². The van der Waals surface area contributed by atoms with Crippen LogP contribution in [0.1, 0.15) is 29.8 Å². The molecule has 0 spiro atoms. The third-order valence-corrected chi connectivity index (χ3v) is 1.83. The van der Waals surface area contributed by atoms with Gasteiger partial charge in [0.1, 0.15) is 5.82 Å². The Bertz CT molecular complexity index is 366. The van der Waals surface area contributed by atoms with Crippen molar-refractivity contribution in [2.75, 3.05) is 0 Å². The molecule has 0 aromatic heterocycles. The molecule has 0 N–H and O–H groups in total. The molecule has 0 aliphatic rings. The van der Waals surface area contributed by atoms with Crippen LogP contribution in [0, 0.1) is 5.82 Å². The van der Waals surface area contributed by atoms with Gasteiger partial charge in [0.25, 0.3) is 0 Å². The molecule has 0 bridgehead atoms. The van der Waals surface area contributed by atoms with Gasteiger partial charge in [0.2, 0.25) is 0 Å². The quantitative estimate of drug-likeness (QED) is 0.636. The number of benzene rings is 1. The van der Waals surface area contributed by atoms with E-state index in [2.05, 4.69) is 6.58 Å². The molecule has 0 amide bonds. The van der Waals surface area contributed by atoms with Crippen molar-refractivity contribution in [3.05, 3.63) is 41.7 Å². The minimum atomic E-state index is -0.336. The summed E-state index contributed by atoms with van der Waals surface area (Å²) in [5, 5.41) is 0. The molecule has 2 heteroatoms. The molecule has 13 heavy (non-hydrogen) atoms. The summed E-state index contributed by atoms with van der Waals surface area (Å²) in [4.78, 5) is 11.0. The van der Waals surface area contributed by atoms with Crippen LogP contribution in [0.5, 0.6) is 0 Å². The number of halogens is 1. The number of allylic oxidation sites excluding steroid dienone is 1. The minimum Gasteiger partial charge on any atom is -0.295 e. The number of carbonyl (C=O) groups is 1. The maximum absolute atomic E-state index is 13.1. The first-order valence-electron chi connectivity index (χ1n) is 3.98. The highest BCUT2D eigenvalue weighted by Gasteiger charge is 2.06. The first kappa shape index (κ1) is 9.65. The Hall–Kier alpha value is -1.44. The fourth-order valence-corrected chi connectivity index (χ4v) is 1.07. The second-order valence-electron chi connectivity index (χ2n) is 3.03. The fraction of sp³-hybridized carbons (Fsp3) is 0.182. The van der Waals surface area contributed by atoms with Crippen LogP contribution < -0.4 is 0 Å². The van der Waals surface area contributed by atoms with Crippen molar-refractivity contribution in [1.82, 2.24) is 0 Å². The van der Waals surface area contributed by atoms with Crippen LogP contribution >= 0.6 is 0 Å². The topological polar surface area (TPSA) is 17.1 Å². The maximum Gasteiger partial charge on any atom is 0.159 e. The zero-order chi connectivity index (χ0) is 10.0. The Balaban J connectivity index is 3.27. The monoisotopic (exact) mass is 178 g/mol. The van der Waals surface area contributed by atoms with Crippen molar-refractivity contribution in [3.63, 3.8) is 0 Å². The van der Waals surface area contributed by atoms with Crippen molar-refractivity contribution >= 4 is 11.4 Å². The van der Waals surface area contributed by atoms with Crippen molar-refractivity contribution in [2.24, 2.45) is 0 Å². The predicted molar refractivity (Wildman–Crippen MR) is 51.1 cm³/mol. The van der Waals surface area contributed by atoms with E-state index in [1.54, 1.807) is 6.92 Å². The lowest BCUT2D eigenvalue weighted by molar-refractivity contribution is 0.101. The summed E-state index contributed by atoms with van der Waals surface area (Å²) in [7, 11) is 0. The standard InChI is InChI=1S/C11H11FO/c1-7(2)10-6-9(8(3)13)4-5-11(10)12/h4-6H,1H2,2-3H3. The highest BCUT2D eigenvalue weighted by Crippen LogP contribution is 2.17. The number of Topliss-reactive ketones (excluding diaryl/α,β-unsaturated/α-hetero) is 1. The van der Waals surface area contributed by atoms with Gasteiger partial charge in [0, 0.05) is 11.1 Å². The van der Waals surface area contributed by atoms with Gasteiger partial charge in [-0.25, -0.2) is 4.39 Å². The van der Waals surface area contributed by atoms with Crippen LogP contribution in [-0.4, -0.2) is 5.78 Å². The molecular formula is C11H11FO. The van der Waals surface area contributed by atoms with Gasteiger partial charge in [0.05, 0.1) is 0 Å². The molecule has 0 saturated carbocycles. The Kier molecular flexibility index (Phi) is 2.61. The Morgan fingerprint density at radius 2 is 2.00 bits per heavy atom. The third-order valence-electron chi connectivity index (χ3n) is 1.83. The number of ketones is 1. The van der Waals surface area contributed by atoms with E-state index in [1.807, 2.05) is 0 Å². The number of hydrogen-bond donors (Lipinski definition) is 0. The lowest BCUT2D eigenvalue weighted by atomic mass is 10.0. The summed E-state index contributed by atoms with van der Waals surface area (Å²) in [6.07, 6.45) is 0. The molecule has 1 nitrogen and oxygen atoms in total. The Morgan fingerprint density at radius 1 is 1.38 bits per heavy atom. The van der Waals surface area contributed by atoms with Gasteiger partial charge in [-0.2, -0.15) is 0 Å². The van der Waals surface area contributed by atoms with Crippen LogP contribution in [0.25, 0.3) is 5.57 Å². The van der Waals surface area contributed by atoms with Gasteiger partial charge in [-0.1, -0.05) is 6.58 Å². The summed E-state index contributed by atoms with van der Waals surface area (Å²) < 4.78 is 13.1. The molecule has 0 unspecified atom stereocenters. The van der Waals surface area contributed by atoms with Crippen LogP contribution in [-0.2, 0) is 0 Å². The molecule has 0 aliphatic carbocycles. The normalized spacial score (nSPS) is 9.77. The van der Waals surface area contributed by atoms with E-state index in [0.717, 1.165) is 0 Å². The zero-order valence-electron chi connectivity index (χ0n) is 7.73. The van der Waals surface area contributed by atoms with E-state index < -0.39 is 0 Å². The molecule has 0 aliphatic heterocycles. The van der Waals surface area contributed by atoms with Gasteiger partial charge in [-0.3, -0.25) is 4.79 Å². The highest BCUT2D eigenvalue weighted by molar-refractivity contribution is 5.94. The summed E-state index contributed by atoms with van der Waals surface area (Å²) in [5.74, 6) is -0.403. The molecule has 1 rings (SSSR count).